The molecule has 2 aromatic rings. The summed E-state index contributed by atoms with van der Waals surface area (Å²) in [6.07, 6.45) is 0. The Morgan fingerprint density at radius 2 is 1.73 bits per heavy atom. The molecule has 0 aromatic heterocycles. The largest absolute Gasteiger partial charge is 0.478 e. The number of carboxylic acids is 1. The zero-order chi connectivity index (χ0) is 16.5. The van der Waals surface area contributed by atoms with Gasteiger partial charge >= 0.3 is 5.97 Å². The van der Waals surface area contributed by atoms with E-state index in [1.165, 1.54) is 13.1 Å². The van der Waals surface area contributed by atoms with Gasteiger partial charge in [-0.15, -0.1) is 0 Å². The quantitative estimate of drug-likeness (QED) is 0.938. The molecule has 1 N–H and O–H groups in total. The van der Waals surface area contributed by atoms with Crippen LogP contribution in [0, 0.1) is 12.7 Å². The number of rotatable bonds is 4. The first-order valence-corrected chi connectivity index (χ1v) is 7.76. The van der Waals surface area contributed by atoms with Gasteiger partial charge in [0.1, 0.15) is 5.82 Å². The third-order valence-electron chi connectivity index (χ3n) is 3.26. The fraction of sp³-hybridized carbons (Fsp3) is 0.133. The van der Waals surface area contributed by atoms with Crippen LogP contribution in [0.4, 0.5) is 10.1 Å². The molecular formula is C15H14FNO4S. The molecule has 0 aliphatic rings. The number of para-hydroxylation sites is 1. The van der Waals surface area contributed by atoms with Crippen LogP contribution >= 0.6 is 0 Å². The number of anilines is 1. The van der Waals surface area contributed by atoms with Crippen molar-refractivity contribution in [1.82, 2.24) is 0 Å². The number of nitrogens with zero attached hydrogens (tertiary/aromatic N) is 1. The molecule has 0 saturated carbocycles. The molecular weight excluding hydrogens is 309 g/mol. The van der Waals surface area contributed by atoms with E-state index in [0.29, 0.717) is 5.56 Å². The number of sulfonamides is 1. The highest BCUT2D eigenvalue weighted by Gasteiger charge is 2.26. The Labute approximate surface area is 127 Å². The maximum atomic E-state index is 12.9. The SMILES string of the molecule is Cc1cccc(C(=O)O)c1N(C)S(=O)(=O)c1ccc(F)cc1. The van der Waals surface area contributed by atoms with Crippen molar-refractivity contribution in [3.8, 4) is 0 Å². The Morgan fingerprint density at radius 3 is 2.27 bits per heavy atom. The Kier molecular flexibility index (Phi) is 4.18. The molecule has 0 bridgehead atoms. The minimum Gasteiger partial charge on any atom is -0.478 e. The van der Waals surface area contributed by atoms with E-state index in [1.807, 2.05) is 0 Å². The van der Waals surface area contributed by atoms with Crippen LogP contribution in [-0.2, 0) is 10.0 Å². The predicted molar refractivity (Wildman–Crippen MR) is 80.1 cm³/mol. The molecule has 7 heteroatoms. The van der Waals surface area contributed by atoms with Crippen molar-refractivity contribution in [3.05, 3.63) is 59.4 Å². The lowest BCUT2D eigenvalue weighted by Crippen LogP contribution is -2.29. The summed E-state index contributed by atoms with van der Waals surface area (Å²) < 4.78 is 39.0. The first kappa shape index (κ1) is 16.0. The van der Waals surface area contributed by atoms with Gasteiger partial charge in [-0.25, -0.2) is 17.6 Å². The minimum atomic E-state index is -3.98. The maximum Gasteiger partial charge on any atom is 0.337 e. The topological polar surface area (TPSA) is 74.7 Å². The van der Waals surface area contributed by atoms with E-state index < -0.39 is 21.8 Å². The molecule has 22 heavy (non-hydrogen) atoms. The molecule has 0 atom stereocenters. The molecule has 2 rings (SSSR count). The first-order chi connectivity index (χ1) is 10.2. The lowest BCUT2D eigenvalue weighted by molar-refractivity contribution is 0.0697. The number of aryl methyl sites for hydroxylation is 1. The molecule has 5 nitrogen and oxygen atoms in total. The highest BCUT2D eigenvalue weighted by atomic mass is 32.2. The second kappa shape index (κ2) is 5.76. The van der Waals surface area contributed by atoms with Crippen molar-refractivity contribution in [2.75, 3.05) is 11.4 Å². The molecule has 0 radical (unpaired) electrons. The zero-order valence-electron chi connectivity index (χ0n) is 11.9. The maximum absolute atomic E-state index is 12.9. The summed E-state index contributed by atoms with van der Waals surface area (Å²) in [4.78, 5) is 11.2. The molecule has 0 aliphatic carbocycles. The number of hydrogen-bond donors (Lipinski definition) is 1. The molecule has 0 saturated heterocycles. The highest BCUT2D eigenvalue weighted by molar-refractivity contribution is 7.92. The molecule has 116 valence electrons. The summed E-state index contributed by atoms with van der Waals surface area (Å²) in [7, 11) is -2.71. The third kappa shape index (κ3) is 2.80. The van der Waals surface area contributed by atoms with Crippen LogP contribution < -0.4 is 4.31 Å². The van der Waals surface area contributed by atoms with Crippen molar-refractivity contribution in [3.63, 3.8) is 0 Å². The van der Waals surface area contributed by atoms with E-state index in [4.69, 9.17) is 0 Å². The third-order valence-corrected chi connectivity index (χ3v) is 5.03. The molecule has 0 aliphatic heterocycles. The number of benzene rings is 2. The lowest BCUT2D eigenvalue weighted by Gasteiger charge is -2.23. The standard InChI is InChI=1S/C15H14FNO4S/c1-10-4-3-5-13(15(18)19)14(10)17(2)22(20,21)12-8-6-11(16)7-9-12/h3-9H,1-2H3,(H,18,19). The van der Waals surface area contributed by atoms with Crippen LogP contribution in [0.15, 0.2) is 47.4 Å². The van der Waals surface area contributed by atoms with Crippen LogP contribution in [0.25, 0.3) is 0 Å². The summed E-state index contributed by atoms with van der Waals surface area (Å²) in [6, 6.07) is 8.85. The first-order valence-electron chi connectivity index (χ1n) is 6.32. The predicted octanol–water partition coefficient (Wildman–Crippen LogP) is 2.66. The highest BCUT2D eigenvalue weighted by Crippen LogP contribution is 2.29. The van der Waals surface area contributed by atoms with Crippen LogP contribution in [0.1, 0.15) is 15.9 Å². The van der Waals surface area contributed by atoms with Gasteiger partial charge in [0.15, 0.2) is 0 Å². The van der Waals surface area contributed by atoms with E-state index in [0.717, 1.165) is 28.6 Å². The Bertz CT molecular complexity index is 816. The molecule has 0 spiro atoms. The van der Waals surface area contributed by atoms with Crippen molar-refractivity contribution in [1.29, 1.82) is 0 Å². The van der Waals surface area contributed by atoms with Crippen molar-refractivity contribution < 1.29 is 22.7 Å². The number of carboxylic acid groups (broad SMARTS) is 1. The van der Waals surface area contributed by atoms with Crippen molar-refractivity contribution in [2.45, 2.75) is 11.8 Å². The second-order valence-corrected chi connectivity index (χ2v) is 6.67. The average Bonchev–Trinajstić information content (AvgIpc) is 2.46. The zero-order valence-corrected chi connectivity index (χ0v) is 12.8. The molecule has 2 aromatic carbocycles. The molecule has 0 unspecified atom stereocenters. The summed E-state index contributed by atoms with van der Waals surface area (Å²) in [6.45, 7) is 1.62. The lowest BCUT2D eigenvalue weighted by atomic mass is 10.1. The van der Waals surface area contributed by atoms with E-state index in [1.54, 1.807) is 19.1 Å². The summed E-state index contributed by atoms with van der Waals surface area (Å²) in [5.41, 5.74) is 0.473. The summed E-state index contributed by atoms with van der Waals surface area (Å²) >= 11 is 0. The van der Waals surface area contributed by atoms with Crippen molar-refractivity contribution >= 4 is 21.7 Å². The second-order valence-electron chi connectivity index (χ2n) is 4.70. The number of carbonyl (C=O) groups is 1. The Balaban J connectivity index is 2.59. The van der Waals surface area contributed by atoms with Crippen LogP contribution in [0.3, 0.4) is 0 Å². The van der Waals surface area contributed by atoms with Gasteiger partial charge in [-0.2, -0.15) is 0 Å². The van der Waals surface area contributed by atoms with Gasteiger partial charge in [0, 0.05) is 7.05 Å². The number of aromatic carboxylic acids is 1. The van der Waals surface area contributed by atoms with E-state index in [2.05, 4.69) is 0 Å². The molecule has 0 fully saturated rings. The van der Waals surface area contributed by atoms with Crippen LogP contribution in [-0.4, -0.2) is 26.5 Å². The van der Waals surface area contributed by atoms with E-state index >= 15 is 0 Å². The smallest absolute Gasteiger partial charge is 0.337 e. The van der Waals surface area contributed by atoms with E-state index in [9.17, 15) is 22.7 Å². The summed E-state index contributed by atoms with van der Waals surface area (Å²) in [5.74, 6) is -1.77. The minimum absolute atomic E-state index is 0.0827. The molecule has 0 heterocycles. The fourth-order valence-electron chi connectivity index (χ4n) is 2.13. The van der Waals surface area contributed by atoms with Gasteiger partial charge in [-0.05, 0) is 42.8 Å². The van der Waals surface area contributed by atoms with Gasteiger partial charge in [-0.1, -0.05) is 12.1 Å². The van der Waals surface area contributed by atoms with Gasteiger partial charge in [0.05, 0.1) is 16.1 Å². The van der Waals surface area contributed by atoms with Gasteiger partial charge < -0.3 is 5.11 Å². The van der Waals surface area contributed by atoms with Gasteiger partial charge in [0.25, 0.3) is 10.0 Å². The number of halogens is 1. The molecule has 0 amide bonds. The number of hydrogen-bond acceptors (Lipinski definition) is 3. The van der Waals surface area contributed by atoms with Crippen LogP contribution in [0.2, 0.25) is 0 Å². The Morgan fingerprint density at radius 1 is 1.14 bits per heavy atom. The van der Waals surface area contributed by atoms with Crippen molar-refractivity contribution in [2.24, 2.45) is 0 Å². The Hall–Kier alpha value is -2.41. The van der Waals surface area contributed by atoms with E-state index in [-0.39, 0.29) is 16.1 Å². The van der Waals surface area contributed by atoms with Gasteiger partial charge in [-0.3, -0.25) is 4.31 Å². The normalized spacial score (nSPS) is 11.2. The fourth-order valence-corrected chi connectivity index (χ4v) is 3.41. The average molecular weight is 323 g/mol. The van der Waals surface area contributed by atoms with Gasteiger partial charge in [0.2, 0.25) is 0 Å². The monoisotopic (exact) mass is 323 g/mol. The van der Waals surface area contributed by atoms with Crippen LogP contribution in [0.5, 0.6) is 0 Å². The summed E-state index contributed by atoms with van der Waals surface area (Å²) in [5, 5.41) is 9.24.